The van der Waals surface area contributed by atoms with Crippen LogP contribution in [0.15, 0.2) is 30.5 Å². The van der Waals surface area contributed by atoms with Crippen molar-refractivity contribution in [3.8, 4) is 0 Å². The predicted molar refractivity (Wildman–Crippen MR) is 74.5 cm³/mol. The highest BCUT2D eigenvalue weighted by Gasteiger charge is 2.08. The Morgan fingerprint density at radius 2 is 2.22 bits per heavy atom. The quantitative estimate of drug-likeness (QED) is 0.674. The van der Waals surface area contributed by atoms with Crippen LogP contribution < -0.4 is 5.73 Å². The third-order valence-electron chi connectivity index (χ3n) is 2.66. The van der Waals surface area contributed by atoms with Gasteiger partial charge in [-0.25, -0.2) is 0 Å². The highest BCUT2D eigenvalue weighted by Crippen LogP contribution is 2.18. The molecule has 2 rings (SSSR count). The lowest BCUT2D eigenvalue weighted by Gasteiger charge is -2.06. The molecule has 0 spiro atoms. The molecule has 2 aromatic rings. The Balaban J connectivity index is 2.36. The van der Waals surface area contributed by atoms with Crippen LogP contribution in [-0.4, -0.2) is 22.1 Å². The summed E-state index contributed by atoms with van der Waals surface area (Å²) in [5, 5.41) is 1.04. The Morgan fingerprint density at radius 1 is 1.44 bits per heavy atom. The van der Waals surface area contributed by atoms with Gasteiger partial charge >= 0.3 is 5.97 Å². The van der Waals surface area contributed by atoms with Gasteiger partial charge in [0.15, 0.2) is 0 Å². The minimum atomic E-state index is -0.254. The standard InChI is InChI=1S/C13H14N2O2S/c1-2-17-12(16)8-15-6-5-9-3-4-10(13(14)18)7-11(9)15/h3-7H,2,8H2,1H3,(H2,14,18). The maximum Gasteiger partial charge on any atom is 0.325 e. The molecule has 0 atom stereocenters. The summed E-state index contributed by atoms with van der Waals surface area (Å²) < 4.78 is 6.76. The number of rotatable bonds is 4. The van der Waals surface area contributed by atoms with E-state index in [4.69, 9.17) is 22.7 Å². The van der Waals surface area contributed by atoms with Crippen LogP contribution >= 0.6 is 12.2 Å². The smallest absolute Gasteiger partial charge is 0.325 e. The van der Waals surface area contributed by atoms with Crippen LogP contribution in [-0.2, 0) is 16.1 Å². The third-order valence-corrected chi connectivity index (χ3v) is 2.90. The van der Waals surface area contributed by atoms with E-state index in [0.29, 0.717) is 11.6 Å². The van der Waals surface area contributed by atoms with Crippen LogP contribution in [0.2, 0.25) is 0 Å². The molecule has 0 unspecified atom stereocenters. The number of fused-ring (bicyclic) bond motifs is 1. The van der Waals surface area contributed by atoms with Crippen molar-refractivity contribution in [2.45, 2.75) is 13.5 Å². The second kappa shape index (κ2) is 5.18. The highest BCUT2D eigenvalue weighted by molar-refractivity contribution is 7.80. The first-order valence-corrected chi connectivity index (χ1v) is 6.07. The molecule has 1 heterocycles. The Bertz CT molecular complexity index is 604. The first kappa shape index (κ1) is 12.6. The molecular formula is C13H14N2O2S. The van der Waals surface area contributed by atoms with Crippen molar-refractivity contribution in [2.24, 2.45) is 5.73 Å². The lowest BCUT2D eigenvalue weighted by Crippen LogP contribution is -2.13. The number of hydrogen-bond donors (Lipinski definition) is 1. The molecule has 0 saturated heterocycles. The number of nitrogens with two attached hydrogens (primary N) is 1. The van der Waals surface area contributed by atoms with Crippen molar-refractivity contribution in [2.75, 3.05) is 6.61 Å². The second-order valence-electron chi connectivity index (χ2n) is 3.89. The third kappa shape index (κ3) is 2.51. The average molecular weight is 262 g/mol. The number of ether oxygens (including phenoxy) is 1. The van der Waals surface area contributed by atoms with Gasteiger partial charge < -0.3 is 15.0 Å². The summed E-state index contributed by atoms with van der Waals surface area (Å²) in [6, 6.07) is 7.64. The van der Waals surface area contributed by atoms with Crippen molar-refractivity contribution in [3.63, 3.8) is 0 Å². The minimum absolute atomic E-state index is 0.193. The van der Waals surface area contributed by atoms with Crippen LogP contribution in [0.1, 0.15) is 12.5 Å². The monoisotopic (exact) mass is 262 g/mol. The average Bonchev–Trinajstić information content (AvgIpc) is 2.72. The number of carbonyl (C=O) groups excluding carboxylic acids is 1. The molecule has 0 saturated carbocycles. The second-order valence-corrected chi connectivity index (χ2v) is 4.33. The maximum atomic E-state index is 11.5. The fraction of sp³-hybridized carbons (Fsp3) is 0.231. The SMILES string of the molecule is CCOC(=O)Cn1ccc2ccc(C(N)=S)cc21. The van der Waals surface area contributed by atoms with Gasteiger partial charge in [0.2, 0.25) is 0 Å². The zero-order valence-electron chi connectivity index (χ0n) is 10.1. The van der Waals surface area contributed by atoms with Crippen LogP contribution in [0, 0.1) is 0 Å². The highest BCUT2D eigenvalue weighted by atomic mass is 32.1. The van der Waals surface area contributed by atoms with Gasteiger partial charge in [-0.2, -0.15) is 0 Å². The van der Waals surface area contributed by atoms with E-state index in [-0.39, 0.29) is 12.5 Å². The van der Waals surface area contributed by atoms with E-state index in [9.17, 15) is 4.79 Å². The van der Waals surface area contributed by atoms with Gasteiger partial charge in [-0.1, -0.05) is 24.4 Å². The summed E-state index contributed by atoms with van der Waals surface area (Å²) in [4.78, 5) is 11.8. The van der Waals surface area contributed by atoms with E-state index in [1.54, 1.807) is 6.92 Å². The van der Waals surface area contributed by atoms with E-state index in [0.717, 1.165) is 16.5 Å². The minimum Gasteiger partial charge on any atom is -0.465 e. The van der Waals surface area contributed by atoms with E-state index < -0.39 is 0 Å². The number of thiocarbonyl (C=S) groups is 1. The van der Waals surface area contributed by atoms with Crippen LogP contribution in [0.4, 0.5) is 0 Å². The maximum absolute atomic E-state index is 11.5. The molecule has 0 aliphatic carbocycles. The van der Waals surface area contributed by atoms with Gasteiger partial charge in [-0.3, -0.25) is 4.79 Å². The first-order chi connectivity index (χ1) is 8.61. The molecule has 0 aliphatic rings. The van der Waals surface area contributed by atoms with Crippen molar-refractivity contribution < 1.29 is 9.53 Å². The number of esters is 1. The molecule has 0 aliphatic heterocycles. The normalized spacial score (nSPS) is 10.5. The van der Waals surface area contributed by atoms with Crippen molar-refractivity contribution in [3.05, 3.63) is 36.0 Å². The van der Waals surface area contributed by atoms with Crippen molar-refractivity contribution in [1.82, 2.24) is 4.57 Å². The molecule has 0 amide bonds. The van der Waals surface area contributed by atoms with Gasteiger partial charge in [-0.05, 0) is 24.4 Å². The van der Waals surface area contributed by atoms with Crippen LogP contribution in [0.25, 0.3) is 10.9 Å². The zero-order chi connectivity index (χ0) is 13.1. The lowest BCUT2D eigenvalue weighted by molar-refractivity contribution is -0.143. The molecule has 0 radical (unpaired) electrons. The Morgan fingerprint density at radius 3 is 2.89 bits per heavy atom. The van der Waals surface area contributed by atoms with E-state index >= 15 is 0 Å². The first-order valence-electron chi connectivity index (χ1n) is 5.66. The lowest BCUT2D eigenvalue weighted by atomic mass is 10.1. The molecule has 18 heavy (non-hydrogen) atoms. The Hall–Kier alpha value is -1.88. The fourth-order valence-corrected chi connectivity index (χ4v) is 1.95. The van der Waals surface area contributed by atoms with Crippen molar-refractivity contribution >= 4 is 34.1 Å². The van der Waals surface area contributed by atoms with Crippen LogP contribution in [0.3, 0.4) is 0 Å². The van der Waals surface area contributed by atoms with Gasteiger partial charge in [0.1, 0.15) is 11.5 Å². The number of benzene rings is 1. The summed E-state index contributed by atoms with van der Waals surface area (Å²) in [5.74, 6) is -0.254. The Labute approximate surface area is 110 Å². The Kier molecular flexibility index (Phi) is 3.62. The molecule has 0 bridgehead atoms. The van der Waals surface area contributed by atoms with Crippen LogP contribution in [0.5, 0.6) is 0 Å². The molecule has 4 nitrogen and oxygen atoms in total. The number of carbonyl (C=O) groups is 1. The fourth-order valence-electron chi connectivity index (χ4n) is 1.82. The van der Waals surface area contributed by atoms with Gasteiger partial charge in [0.05, 0.1) is 6.61 Å². The molecule has 1 aromatic heterocycles. The summed E-state index contributed by atoms with van der Waals surface area (Å²) in [7, 11) is 0. The molecule has 0 fully saturated rings. The summed E-state index contributed by atoms with van der Waals surface area (Å²) in [6.07, 6.45) is 1.85. The predicted octanol–water partition coefficient (Wildman–Crippen LogP) is 1.84. The van der Waals surface area contributed by atoms with Gasteiger partial charge in [0.25, 0.3) is 0 Å². The van der Waals surface area contributed by atoms with E-state index in [1.807, 2.05) is 35.0 Å². The molecule has 5 heteroatoms. The van der Waals surface area contributed by atoms with Gasteiger partial charge in [0, 0.05) is 17.3 Å². The summed E-state index contributed by atoms with van der Waals surface area (Å²) >= 11 is 4.95. The summed E-state index contributed by atoms with van der Waals surface area (Å²) in [6.45, 7) is 2.37. The van der Waals surface area contributed by atoms with Gasteiger partial charge in [-0.15, -0.1) is 0 Å². The molecular weight excluding hydrogens is 248 g/mol. The zero-order valence-corrected chi connectivity index (χ0v) is 10.9. The number of aromatic nitrogens is 1. The summed E-state index contributed by atoms with van der Waals surface area (Å²) in [5.41, 5.74) is 7.32. The van der Waals surface area contributed by atoms with Crippen molar-refractivity contribution in [1.29, 1.82) is 0 Å². The molecule has 94 valence electrons. The molecule has 2 N–H and O–H groups in total. The largest absolute Gasteiger partial charge is 0.465 e. The van der Waals surface area contributed by atoms with E-state index in [2.05, 4.69) is 0 Å². The topological polar surface area (TPSA) is 57.2 Å². The number of hydrogen-bond acceptors (Lipinski definition) is 3. The number of nitrogens with zero attached hydrogens (tertiary/aromatic N) is 1. The molecule has 1 aromatic carbocycles. The van der Waals surface area contributed by atoms with E-state index in [1.165, 1.54) is 0 Å².